The Labute approximate surface area is 68.0 Å². The molecule has 3 nitrogen and oxygen atoms in total. The Morgan fingerprint density at radius 3 is 3.09 bits per heavy atom. The van der Waals surface area contributed by atoms with Crippen LogP contribution in [0, 0.1) is 0 Å². The highest BCUT2D eigenvalue weighted by Gasteiger charge is 2.09. The van der Waals surface area contributed by atoms with Crippen LogP contribution in [0.1, 0.15) is 0 Å². The minimum Gasteiger partial charge on any atom is -0.493 e. The van der Waals surface area contributed by atoms with E-state index in [-0.39, 0.29) is 11.2 Å². The van der Waals surface area contributed by atoms with Crippen LogP contribution < -0.4 is 0 Å². The summed E-state index contributed by atoms with van der Waals surface area (Å²) in [6.45, 7) is 0. The van der Waals surface area contributed by atoms with Gasteiger partial charge in [-0.05, 0) is 23.7 Å². The molecule has 1 aliphatic heterocycles. The predicted molar refractivity (Wildman–Crippen MR) is 41.9 cm³/mol. The van der Waals surface area contributed by atoms with Gasteiger partial charge in [0.1, 0.15) is 0 Å². The third kappa shape index (κ3) is 0.935. The van der Waals surface area contributed by atoms with Gasteiger partial charge in [-0.15, -0.1) is 0 Å². The summed E-state index contributed by atoms with van der Waals surface area (Å²) >= 11 is 5.55. The molecule has 1 aliphatic carbocycles. The van der Waals surface area contributed by atoms with E-state index in [1.165, 1.54) is 0 Å². The van der Waals surface area contributed by atoms with Crippen LogP contribution in [-0.2, 0) is 0 Å². The fourth-order valence-electron chi connectivity index (χ4n) is 1.02. The van der Waals surface area contributed by atoms with Crippen molar-refractivity contribution >= 4 is 11.6 Å². The van der Waals surface area contributed by atoms with Crippen molar-refractivity contribution in [2.24, 2.45) is 0 Å². The van der Waals surface area contributed by atoms with E-state index in [9.17, 15) is 5.11 Å². The van der Waals surface area contributed by atoms with E-state index in [1.54, 1.807) is 6.07 Å². The molecule has 11 heavy (non-hydrogen) atoms. The molecular weight excluding hydrogens is 164 g/mol. The van der Waals surface area contributed by atoms with Gasteiger partial charge in [-0.3, -0.25) is 0 Å². The molecule has 0 aromatic carbocycles. The topological polar surface area (TPSA) is 48.9 Å². The summed E-state index contributed by atoms with van der Waals surface area (Å²) in [5.41, 5.74) is 1.48. The number of aromatic amines is 1. The molecule has 0 aromatic rings. The molecule has 0 atom stereocenters. The number of aromatic hydroxyl groups is 1. The molecule has 1 heterocycles. The summed E-state index contributed by atoms with van der Waals surface area (Å²) in [7, 11) is 0. The van der Waals surface area contributed by atoms with Gasteiger partial charge in [0.2, 0.25) is 11.2 Å². The van der Waals surface area contributed by atoms with Gasteiger partial charge in [-0.25, -0.2) is 0 Å². The van der Waals surface area contributed by atoms with E-state index in [1.807, 2.05) is 12.1 Å². The molecule has 0 radical (unpaired) electrons. The highest BCUT2D eigenvalue weighted by atomic mass is 35.5. The summed E-state index contributed by atoms with van der Waals surface area (Å²) in [6, 6.07) is 5.41. The minimum absolute atomic E-state index is 0.0336. The molecule has 0 aromatic heterocycles. The monoisotopic (exact) mass is 168 g/mol. The first-order valence-corrected chi connectivity index (χ1v) is 3.48. The van der Waals surface area contributed by atoms with Crippen molar-refractivity contribution in [3.63, 3.8) is 0 Å². The zero-order valence-corrected chi connectivity index (χ0v) is 6.26. The Balaban J connectivity index is 2.79. The number of hydrogen-bond acceptors (Lipinski definition) is 2. The molecule has 0 fully saturated rings. The van der Waals surface area contributed by atoms with E-state index in [0.29, 0.717) is 5.56 Å². The lowest BCUT2D eigenvalue weighted by Crippen LogP contribution is -1.86. The van der Waals surface area contributed by atoms with Crippen LogP contribution >= 0.6 is 11.6 Å². The lowest BCUT2D eigenvalue weighted by Gasteiger charge is -2.01. The van der Waals surface area contributed by atoms with Gasteiger partial charge >= 0.3 is 0 Å². The molecule has 56 valence electrons. The third-order valence-corrected chi connectivity index (χ3v) is 1.68. The minimum atomic E-state index is -0.0336. The van der Waals surface area contributed by atoms with Gasteiger partial charge in [-0.2, -0.15) is 4.98 Å². The first kappa shape index (κ1) is 6.49. The maximum atomic E-state index is 9.23. The van der Waals surface area contributed by atoms with Gasteiger partial charge in [-0.1, -0.05) is 6.07 Å². The Morgan fingerprint density at radius 2 is 2.27 bits per heavy atom. The van der Waals surface area contributed by atoms with Crippen LogP contribution in [0.2, 0.25) is 5.28 Å². The summed E-state index contributed by atoms with van der Waals surface area (Å²) in [4.78, 5) is 6.44. The average Bonchev–Trinajstić information content (AvgIpc) is 2.34. The molecule has 2 rings (SSSR count). The Bertz CT molecular complexity index is 358. The third-order valence-electron chi connectivity index (χ3n) is 1.50. The number of nitrogens with zero attached hydrogens (tertiary/aromatic N) is 1. The standard InChI is InChI=1S/C7H5ClN2O/c8-7-9-5-3-1-2-4(5)6(11)10-7/h1-3,11H,(H,9,10). The zero-order valence-electron chi connectivity index (χ0n) is 5.50. The van der Waals surface area contributed by atoms with Crippen molar-refractivity contribution in [3.8, 4) is 17.1 Å². The molecule has 0 bridgehead atoms. The van der Waals surface area contributed by atoms with E-state index in [2.05, 4.69) is 9.97 Å². The largest absolute Gasteiger partial charge is 0.493 e. The van der Waals surface area contributed by atoms with E-state index in [4.69, 9.17) is 11.6 Å². The van der Waals surface area contributed by atoms with Crippen LogP contribution in [0.25, 0.3) is 11.3 Å². The van der Waals surface area contributed by atoms with E-state index >= 15 is 0 Å². The first-order chi connectivity index (χ1) is 5.27. The lowest BCUT2D eigenvalue weighted by molar-refractivity contribution is 0.454. The van der Waals surface area contributed by atoms with E-state index < -0.39 is 0 Å². The van der Waals surface area contributed by atoms with Gasteiger partial charge < -0.3 is 10.1 Å². The molecule has 0 saturated carbocycles. The Hall–Kier alpha value is -1.22. The lowest BCUT2D eigenvalue weighted by atomic mass is 10.3. The van der Waals surface area contributed by atoms with Crippen LogP contribution in [0.5, 0.6) is 5.88 Å². The number of aromatic nitrogens is 2. The number of nitrogens with one attached hydrogen (secondary N) is 1. The van der Waals surface area contributed by atoms with E-state index in [0.717, 1.165) is 5.69 Å². The van der Waals surface area contributed by atoms with Crippen LogP contribution in [-0.4, -0.2) is 15.1 Å². The summed E-state index contributed by atoms with van der Waals surface area (Å²) < 4.78 is 0. The number of rotatable bonds is 0. The zero-order chi connectivity index (χ0) is 7.84. The van der Waals surface area contributed by atoms with Gasteiger partial charge in [0.15, 0.2) is 0 Å². The molecule has 2 N–H and O–H groups in total. The maximum Gasteiger partial charge on any atom is 0.223 e. The van der Waals surface area contributed by atoms with Crippen molar-refractivity contribution in [2.75, 3.05) is 0 Å². The molecule has 0 saturated heterocycles. The van der Waals surface area contributed by atoms with Crippen molar-refractivity contribution in [2.45, 2.75) is 0 Å². The number of hydrogen-bond donors (Lipinski definition) is 2. The van der Waals surface area contributed by atoms with Crippen molar-refractivity contribution in [1.29, 1.82) is 0 Å². The van der Waals surface area contributed by atoms with Crippen molar-refractivity contribution in [1.82, 2.24) is 9.97 Å². The van der Waals surface area contributed by atoms with Crippen molar-refractivity contribution < 1.29 is 5.11 Å². The second-order valence-corrected chi connectivity index (χ2v) is 2.56. The highest BCUT2D eigenvalue weighted by molar-refractivity contribution is 6.28. The fourth-order valence-corrected chi connectivity index (χ4v) is 1.20. The van der Waals surface area contributed by atoms with Gasteiger partial charge in [0.25, 0.3) is 0 Å². The molecule has 0 unspecified atom stereocenters. The molecule has 2 aliphatic rings. The van der Waals surface area contributed by atoms with Crippen LogP contribution in [0.15, 0.2) is 18.2 Å². The number of fused-ring (bicyclic) bond motifs is 1. The summed E-state index contributed by atoms with van der Waals surface area (Å²) in [6.07, 6.45) is 0. The summed E-state index contributed by atoms with van der Waals surface area (Å²) in [5.74, 6) is -0.0336. The van der Waals surface area contributed by atoms with Crippen LogP contribution in [0.4, 0.5) is 0 Å². The second kappa shape index (κ2) is 2.13. The molecular formula is C7H5ClN2O. The number of H-pyrrole nitrogens is 1. The molecule has 0 spiro atoms. The Kier molecular flexibility index (Phi) is 1.26. The smallest absolute Gasteiger partial charge is 0.223 e. The first-order valence-electron chi connectivity index (χ1n) is 3.10. The average molecular weight is 169 g/mol. The van der Waals surface area contributed by atoms with Gasteiger partial charge in [0.05, 0.1) is 11.3 Å². The SMILES string of the molecule is Oc1nc(Cl)[nH]c2cccc1-2. The summed E-state index contributed by atoms with van der Waals surface area (Å²) in [5, 5.41) is 9.42. The van der Waals surface area contributed by atoms with Crippen LogP contribution in [0.3, 0.4) is 0 Å². The molecule has 4 heteroatoms. The Morgan fingerprint density at radius 1 is 1.45 bits per heavy atom. The maximum absolute atomic E-state index is 9.23. The predicted octanol–water partition coefficient (Wildman–Crippen LogP) is 1.87. The fraction of sp³-hybridized carbons (Fsp3) is 0. The molecule has 0 amide bonds. The second-order valence-electron chi connectivity index (χ2n) is 2.20. The number of halogens is 1. The highest BCUT2D eigenvalue weighted by Crippen LogP contribution is 2.29. The quantitative estimate of drug-likeness (QED) is 0.590. The van der Waals surface area contributed by atoms with Gasteiger partial charge in [0, 0.05) is 0 Å². The van der Waals surface area contributed by atoms with Crippen molar-refractivity contribution in [3.05, 3.63) is 23.5 Å². The normalized spacial score (nSPS) is 10.6.